The number of sulfonamides is 1. The van der Waals surface area contributed by atoms with Crippen molar-refractivity contribution in [2.75, 3.05) is 6.61 Å². The molecule has 0 bridgehead atoms. The van der Waals surface area contributed by atoms with Gasteiger partial charge in [-0.25, -0.2) is 18.1 Å². The highest BCUT2D eigenvalue weighted by Gasteiger charge is 2.26. The fraction of sp³-hybridized carbons (Fsp3) is 0.286. The summed E-state index contributed by atoms with van der Waals surface area (Å²) in [6.45, 7) is 0.826. The molecule has 0 aliphatic rings. The Kier molecular flexibility index (Phi) is 9.81. The number of amides is 2. The van der Waals surface area contributed by atoms with Crippen LogP contribution in [0, 0.1) is 0 Å². The van der Waals surface area contributed by atoms with Crippen molar-refractivity contribution in [2.45, 2.75) is 31.3 Å². The minimum absolute atomic E-state index is 0.0703. The normalized spacial score (nSPS) is 12.9. The molecule has 0 radical (unpaired) electrons. The molecule has 0 aliphatic heterocycles. The molecular weight excluding hydrogens is 484 g/mol. The van der Waals surface area contributed by atoms with Crippen LogP contribution in [0.15, 0.2) is 53.5 Å². The highest BCUT2D eigenvalue weighted by Crippen LogP contribution is 2.13. The van der Waals surface area contributed by atoms with E-state index < -0.39 is 46.3 Å². The van der Waals surface area contributed by atoms with Crippen LogP contribution in [0.3, 0.4) is 0 Å². The number of benzene rings is 2. The molecule has 0 saturated carbocycles. The molecule has 2 atom stereocenters. The molecule has 0 unspecified atom stereocenters. The van der Waals surface area contributed by atoms with E-state index in [4.69, 9.17) is 23.1 Å². The lowest BCUT2D eigenvalue weighted by Gasteiger charge is -2.19. The summed E-state index contributed by atoms with van der Waals surface area (Å²) in [5.74, 6) is -1.82. The lowest BCUT2D eigenvalue weighted by molar-refractivity contribution is -0.130. The summed E-state index contributed by atoms with van der Waals surface area (Å²) in [6, 6.07) is 10.5. The van der Waals surface area contributed by atoms with E-state index >= 15 is 0 Å². The standard InChI is InChI=1S/C21H27ClN6O5S/c1-13(19(30)25-10-14-4-8-17(9-5-14)27-21(23)24)26-20(31)18(11-29)28-34(32,33)12-15-2-6-16(22)7-3-15/h2-9,13,18,28-29H,10-12H2,1H3,(H,25,30)(H,26,31)(H4,23,24,27)/t13-,18+/m0/s1. The Bertz CT molecular complexity index is 1120. The number of nitrogens with zero attached hydrogens (tertiary/aromatic N) is 1. The van der Waals surface area contributed by atoms with Crippen LogP contribution in [0.2, 0.25) is 5.02 Å². The van der Waals surface area contributed by atoms with Gasteiger partial charge < -0.3 is 27.2 Å². The van der Waals surface area contributed by atoms with Crippen molar-refractivity contribution in [3.8, 4) is 0 Å². The van der Waals surface area contributed by atoms with Crippen molar-refractivity contribution in [3.05, 3.63) is 64.7 Å². The van der Waals surface area contributed by atoms with Crippen LogP contribution in [0.1, 0.15) is 18.1 Å². The molecular formula is C21H27ClN6O5S. The minimum Gasteiger partial charge on any atom is -0.394 e. The lowest BCUT2D eigenvalue weighted by Crippen LogP contribution is -2.54. The average Bonchev–Trinajstić information content (AvgIpc) is 2.77. The molecule has 2 aromatic rings. The van der Waals surface area contributed by atoms with Crippen molar-refractivity contribution < 1.29 is 23.1 Å². The van der Waals surface area contributed by atoms with Crippen molar-refractivity contribution in [1.29, 1.82) is 0 Å². The predicted molar refractivity (Wildman–Crippen MR) is 129 cm³/mol. The molecule has 0 spiro atoms. The fourth-order valence-corrected chi connectivity index (χ4v) is 4.25. The zero-order valence-electron chi connectivity index (χ0n) is 18.4. The summed E-state index contributed by atoms with van der Waals surface area (Å²) in [6.07, 6.45) is 0. The van der Waals surface area contributed by atoms with Crippen LogP contribution in [-0.2, 0) is 31.9 Å². The van der Waals surface area contributed by atoms with Gasteiger partial charge in [-0.1, -0.05) is 35.9 Å². The Hall–Kier alpha value is -3.19. The van der Waals surface area contributed by atoms with Gasteiger partial charge in [-0.15, -0.1) is 0 Å². The Morgan fingerprint density at radius 2 is 1.62 bits per heavy atom. The first kappa shape index (κ1) is 27.1. The molecule has 13 heteroatoms. The van der Waals surface area contributed by atoms with Gasteiger partial charge in [-0.3, -0.25) is 9.59 Å². The van der Waals surface area contributed by atoms with E-state index in [1.54, 1.807) is 36.4 Å². The summed E-state index contributed by atoms with van der Waals surface area (Å²) in [4.78, 5) is 28.7. The minimum atomic E-state index is -3.96. The van der Waals surface area contributed by atoms with Crippen molar-refractivity contribution >= 4 is 45.1 Å². The molecule has 11 nitrogen and oxygen atoms in total. The van der Waals surface area contributed by atoms with Gasteiger partial charge in [-0.2, -0.15) is 0 Å². The molecule has 34 heavy (non-hydrogen) atoms. The second kappa shape index (κ2) is 12.3. The number of carbonyl (C=O) groups is 2. The quantitative estimate of drug-likeness (QED) is 0.179. The van der Waals surface area contributed by atoms with Gasteiger partial charge in [0.05, 0.1) is 18.0 Å². The zero-order valence-corrected chi connectivity index (χ0v) is 19.9. The van der Waals surface area contributed by atoms with E-state index in [9.17, 15) is 23.1 Å². The number of rotatable bonds is 11. The van der Waals surface area contributed by atoms with Crippen LogP contribution in [0.5, 0.6) is 0 Å². The maximum atomic E-state index is 12.4. The van der Waals surface area contributed by atoms with Crippen molar-refractivity contribution in [2.24, 2.45) is 16.5 Å². The first-order valence-electron chi connectivity index (χ1n) is 10.1. The van der Waals surface area contributed by atoms with E-state index in [2.05, 4.69) is 20.3 Å². The van der Waals surface area contributed by atoms with Gasteiger partial charge in [0, 0.05) is 11.6 Å². The Morgan fingerprint density at radius 1 is 1.03 bits per heavy atom. The molecule has 2 rings (SSSR count). The molecule has 0 aromatic heterocycles. The maximum Gasteiger partial charge on any atom is 0.242 e. The fourth-order valence-electron chi connectivity index (χ4n) is 2.79. The number of aliphatic hydroxyl groups excluding tert-OH is 1. The number of aliphatic hydroxyl groups is 1. The second-order valence-electron chi connectivity index (χ2n) is 7.39. The van der Waals surface area contributed by atoms with Gasteiger partial charge >= 0.3 is 0 Å². The molecule has 184 valence electrons. The highest BCUT2D eigenvalue weighted by molar-refractivity contribution is 7.88. The van der Waals surface area contributed by atoms with Gasteiger partial charge in [0.2, 0.25) is 21.8 Å². The van der Waals surface area contributed by atoms with Crippen LogP contribution in [0.4, 0.5) is 5.69 Å². The summed E-state index contributed by atoms with van der Waals surface area (Å²) in [7, 11) is -3.96. The molecule has 0 aliphatic carbocycles. The number of carbonyl (C=O) groups excluding carboxylic acids is 2. The third kappa shape index (κ3) is 8.98. The van der Waals surface area contributed by atoms with E-state index in [-0.39, 0.29) is 12.5 Å². The number of nitrogens with two attached hydrogens (primary N) is 2. The number of hydrogen-bond donors (Lipinski definition) is 6. The van der Waals surface area contributed by atoms with E-state index in [0.717, 1.165) is 5.56 Å². The average molecular weight is 511 g/mol. The van der Waals surface area contributed by atoms with Crippen molar-refractivity contribution in [3.63, 3.8) is 0 Å². The SMILES string of the molecule is C[C@H](NC(=O)[C@@H](CO)NS(=O)(=O)Cc1ccc(Cl)cc1)C(=O)NCc1ccc(N=C(N)N)cc1. The van der Waals surface area contributed by atoms with Crippen LogP contribution >= 0.6 is 11.6 Å². The summed E-state index contributed by atoms with van der Waals surface area (Å²) < 4.78 is 26.9. The predicted octanol–water partition coefficient (Wildman–Crippen LogP) is -0.154. The number of halogens is 1. The van der Waals surface area contributed by atoms with Gasteiger partial charge in [-0.05, 0) is 42.3 Å². The number of nitrogens with one attached hydrogen (secondary N) is 3. The molecule has 2 aromatic carbocycles. The third-order valence-electron chi connectivity index (χ3n) is 4.50. The summed E-state index contributed by atoms with van der Waals surface area (Å²) in [5, 5.41) is 15.0. The summed E-state index contributed by atoms with van der Waals surface area (Å²) >= 11 is 5.79. The van der Waals surface area contributed by atoms with Gasteiger partial charge in [0.1, 0.15) is 12.1 Å². The Morgan fingerprint density at radius 3 is 2.18 bits per heavy atom. The van der Waals surface area contributed by atoms with Gasteiger partial charge in [0.25, 0.3) is 0 Å². The van der Waals surface area contributed by atoms with E-state index in [1.807, 2.05) is 0 Å². The lowest BCUT2D eigenvalue weighted by atomic mass is 10.2. The zero-order chi connectivity index (χ0) is 25.3. The topological polar surface area (TPSA) is 189 Å². The largest absolute Gasteiger partial charge is 0.394 e. The number of aliphatic imine (C=N–C) groups is 1. The second-order valence-corrected chi connectivity index (χ2v) is 9.58. The highest BCUT2D eigenvalue weighted by atomic mass is 35.5. The summed E-state index contributed by atoms with van der Waals surface area (Å²) in [5.41, 5.74) is 12.4. The van der Waals surface area contributed by atoms with Crippen LogP contribution in [0.25, 0.3) is 0 Å². The maximum absolute atomic E-state index is 12.4. The molecule has 0 saturated heterocycles. The smallest absolute Gasteiger partial charge is 0.242 e. The third-order valence-corrected chi connectivity index (χ3v) is 6.11. The molecule has 8 N–H and O–H groups in total. The Labute approximate surface area is 202 Å². The van der Waals surface area contributed by atoms with Crippen LogP contribution in [-0.4, -0.2) is 50.0 Å². The number of guanidine groups is 1. The van der Waals surface area contributed by atoms with E-state index in [0.29, 0.717) is 16.3 Å². The van der Waals surface area contributed by atoms with Crippen LogP contribution < -0.4 is 26.8 Å². The first-order valence-corrected chi connectivity index (χ1v) is 12.1. The monoisotopic (exact) mass is 510 g/mol. The Balaban J connectivity index is 1.88. The van der Waals surface area contributed by atoms with Gasteiger partial charge in [0.15, 0.2) is 5.96 Å². The molecule has 0 fully saturated rings. The molecule has 0 heterocycles. The number of hydrogen-bond acceptors (Lipinski definition) is 6. The first-order chi connectivity index (χ1) is 16.0. The van der Waals surface area contributed by atoms with Crippen molar-refractivity contribution in [1.82, 2.24) is 15.4 Å². The van der Waals surface area contributed by atoms with E-state index in [1.165, 1.54) is 19.1 Å². The molecule has 2 amide bonds.